The van der Waals surface area contributed by atoms with Crippen LogP contribution in [0.25, 0.3) is 0 Å². The Morgan fingerprint density at radius 2 is 2.08 bits per heavy atom. The summed E-state index contributed by atoms with van der Waals surface area (Å²) in [6.45, 7) is 4.07. The molecule has 2 N–H and O–H groups in total. The summed E-state index contributed by atoms with van der Waals surface area (Å²) in [6, 6.07) is 0.174. The molecule has 0 aromatic carbocycles. The number of thioether (sulfide) groups is 1. The molecule has 0 aliphatic rings. The van der Waals surface area contributed by atoms with Crippen molar-refractivity contribution in [2.45, 2.75) is 31.5 Å². The van der Waals surface area contributed by atoms with Gasteiger partial charge in [0.2, 0.25) is 0 Å². The fraction of sp³-hybridized carbons (Fsp3) is 0.556. The van der Waals surface area contributed by atoms with Crippen molar-refractivity contribution in [1.29, 1.82) is 0 Å². The smallest absolute Gasteiger partial charge is 0.187 e. The summed E-state index contributed by atoms with van der Waals surface area (Å²) in [6.07, 6.45) is 4.56. The molecule has 0 bridgehead atoms. The van der Waals surface area contributed by atoms with Gasteiger partial charge < -0.3 is 5.73 Å². The number of nitrogens with two attached hydrogens (primary N) is 1. The van der Waals surface area contributed by atoms with Crippen LogP contribution in [0.1, 0.15) is 19.4 Å². The second-order valence-electron chi connectivity index (χ2n) is 2.99. The summed E-state index contributed by atoms with van der Waals surface area (Å²) < 4.78 is 0. The van der Waals surface area contributed by atoms with Crippen LogP contribution in [0.4, 0.5) is 0 Å². The van der Waals surface area contributed by atoms with E-state index in [0.717, 1.165) is 22.9 Å². The Kier molecular flexibility index (Phi) is 4.18. The summed E-state index contributed by atoms with van der Waals surface area (Å²) in [5.74, 6) is 1.01. The van der Waals surface area contributed by atoms with Gasteiger partial charge in [-0.3, -0.25) is 0 Å². The third kappa shape index (κ3) is 3.74. The molecule has 13 heavy (non-hydrogen) atoms. The van der Waals surface area contributed by atoms with Crippen LogP contribution in [0.3, 0.4) is 0 Å². The second-order valence-corrected chi connectivity index (χ2v) is 4.22. The Balaban J connectivity index is 2.59. The molecule has 1 atom stereocenters. The number of aromatic nitrogens is 2. The summed E-state index contributed by atoms with van der Waals surface area (Å²) in [5.41, 5.74) is 6.77. The molecule has 1 unspecified atom stereocenters. The molecule has 0 aliphatic carbocycles. The van der Waals surface area contributed by atoms with E-state index >= 15 is 0 Å². The van der Waals surface area contributed by atoms with Gasteiger partial charge in [0.1, 0.15) is 0 Å². The highest BCUT2D eigenvalue weighted by molar-refractivity contribution is 7.99. The first kappa shape index (κ1) is 10.5. The van der Waals surface area contributed by atoms with E-state index in [1.165, 1.54) is 0 Å². The number of rotatable bonds is 4. The topological polar surface area (TPSA) is 51.8 Å². The zero-order chi connectivity index (χ0) is 9.68. The van der Waals surface area contributed by atoms with Gasteiger partial charge in [0.25, 0.3) is 0 Å². The summed E-state index contributed by atoms with van der Waals surface area (Å²) in [4.78, 5) is 8.44. The van der Waals surface area contributed by atoms with Crippen molar-refractivity contribution in [3.8, 4) is 0 Å². The summed E-state index contributed by atoms with van der Waals surface area (Å²) in [5, 5.41) is 0.843. The minimum absolute atomic E-state index is 0.174. The molecule has 0 saturated carbocycles. The van der Waals surface area contributed by atoms with Crippen LogP contribution in [-0.4, -0.2) is 21.8 Å². The molecular weight excluding hydrogens is 182 g/mol. The molecule has 0 amide bonds. The Morgan fingerprint density at radius 1 is 1.46 bits per heavy atom. The first-order valence-corrected chi connectivity index (χ1v) is 5.40. The third-order valence-electron chi connectivity index (χ3n) is 1.51. The predicted octanol–water partition coefficient (Wildman–Crippen LogP) is 1.48. The highest BCUT2D eigenvalue weighted by atomic mass is 32.2. The number of hydrogen-bond donors (Lipinski definition) is 1. The molecule has 1 rings (SSSR count). The highest BCUT2D eigenvalue weighted by Crippen LogP contribution is 2.11. The molecule has 3 nitrogen and oxygen atoms in total. The predicted molar refractivity (Wildman–Crippen MR) is 55.8 cm³/mol. The molecule has 0 fully saturated rings. The van der Waals surface area contributed by atoms with Crippen LogP contribution >= 0.6 is 11.8 Å². The average Bonchev–Trinajstić information content (AvgIpc) is 2.08. The Morgan fingerprint density at radius 3 is 2.54 bits per heavy atom. The van der Waals surface area contributed by atoms with Crippen molar-refractivity contribution in [2.24, 2.45) is 5.73 Å². The first-order valence-electron chi connectivity index (χ1n) is 4.41. The maximum Gasteiger partial charge on any atom is 0.187 e. The van der Waals surface area contributed by atoms with Gasteiger partial charge in [0.15, 0.2) is 5.16 Å². The normalized spacial score (nSPS) is 12.8. The van der Waals surface area contributed by atoms with Crippen molar-refractivity contribution in [2.75, 3.05) is 5.75 Å². The van der Waals surface area contributed by atoms with Crippen LogP contribution in [0.5, 0.6) is 0 Å². The monoisotopic (exact) mass is 197 g/mol. The van der Waals surface area contributed by atoms with Crippen LogP contribution in [0.2, 0.25) is 0 Å². The zero-order valence-electron chi connectivity index (χ0n) is 8.03. The van der Waals surface area contributed by atoms with Crippen molar-refractivity contribution >= 4 is 11.8 Å². The quantitative estimate of drug-likeness (QED) is 0.587. The third-order valence-corrected chi connectivity index (χ3v) is 2.27. The summed E-state index contributed by atoms with van der Waals surface area (Å²) in [7, 11) is 0. The minimum Gasteiger partial charge on any atom is -0.328 e. The maximum absolute atomic E-state index is 5.66. The largest absolute Gasteiger partial charge is 0.328 e. The van der Waals surface area contributed by atoms with Crippen LogP contribution < -0.4 is 5.73 Å². The van der Waals surface area contributed by atoms with Gasteiger partial charge in [-0.15, -0.1) is 0 Å². The molecule has 1 aromatic heterocycles. The van der Waals surface area contributed by atoms with Crippen LogP contribution in [0.15, 0.2) is 17.6 Å². The van der Waals surface area contributed by atoms with E-state index in [1.807, 2.05) is 19.3 Å². The SMILES string of the molecule is CCSc1ncc(CC(C)N)cn1. The highest BCUT2D eigenvalue weighted by Gasteiger charge is 1.99. The lowest BCUT2D eigenvalue weighted by Crippen LogP contribution is -2.17. The summed E-state index contributed by atoms with van der Waals surface area (Å²) >= 11 is 1.65. The fourth-order valence-electron chi connectivity index (χ4n) is 1.02. The number of hydrogen-bond acceptors (Lipinski definition) is 4. The van der Waals surface area contributed by atoms with Crippen molar-refractivity contribution in [3.05, 3.63) is 18.0 Å². The molecule has 0 radical (unpaired) electrons. The standard InChI is InChI=1S/C9H15N3S/c1-3-13-9-11-5-8(6-12-9)4-7(2)10/h5-7H,3-4,10H2,1-2H3. The Bertz CT molecular complexity index is 246. The lowest BCUT2D eigenvalue weighted by molar-refractivity contribution is 0.727. The molecule has 0 aliphatic heterocycles. The van der Waals surface area contributed by atoms with Gasteiger partial charge in [-0.1, -0.05) is 18.7 Å². The van der Waals surface area contributed by atoms with E-state index in [9.17, 15) is 0 Å². The Hall–Kier alpha value is -0.610. The van der Waals surface area contributed by atoms with E-state index in [0.29, 0.717) is 0 Å². The molecule has 4 heteroatoms. The lowest BCUT2D eigenvalue weighted by Gasteiger charge is -2.04. The minimum atomic E-state index is 0.174. The average molecular weight is 197 g/mol. The van der Waals surface area contributed by atoms with E-state index in [-0.39, 0.29) is 6.04 Å². The van der Waals surface area contributed by atoms with E-state index in [4.69, 9.17) is 5.73 Å². The molecular formula is C9H15N3S. The van der Waals surface area contributed by atoms with Gasteiger partial charge in [-0.05, 0) is 24.7 Å². The van der Waals surface area contributed by atoms with E-state index in [2.05, 4.69) is 16.9 Å². The fourth-order valence-corrected chi connectivity index (χ4v) is 1.54. The Labute approximate surface area is 83.2 Å². The molecule has 0 saturated heterocycles. The number of nitrogens with zero attached hydrogens (tertiary/aromatic N) is 2. The van der Waals surface area contributed by atoms with E-state index in [1.54, 1.807) is 11.8 Å². The van der Waals surface area contributed by atoms with Gasteiger partial charge in [0, 0.05) is 18.4 Å². The van der Waals surface area contributed by atoms with Gasteiger partial charge in [-0.25, -0.2) is 9.97 Å². The maximum atomic E-state index is 5.66. The molecule has 1 aromatic rings. The van der Waals surface area contributed by atoms with Crippen molar-refractivity contribution < 1.29 is 0 Å². The second kappa shape index (κ2) is 5.19. The lowest BCUT2D eigenvalue weighted by atomic mass is 10.1. The van der Waals surface area contributed by atoms with Gasteiger partial charge >= 0.3 is 0 Å². The van der Waals surface area contributed by atoms with Gasteiger partial charge in [0.05, 0.1) is 0 Å². The van der Waals surface area contributed by atoms with Gasteiger partial charge in [-0.2, -0.15) is 0 Å². The van der Waals surface area contributed by atoms with Crippen molar-refractivity contribution in [1.82, 2.24) is 9.97 Å². The molecule has 0 spiro atoms. The van der Waals surface area contributed by atoms with Crippen molar-refractivity contribution in [3.63, 3.8) is 0 Å². The molecule has 1 heterocycles. The van der Waals surface area contributed by atoms with E-state index < -0.39 is 0 Å². The van der Waals surface area contributed by atoms with Crippen LogP contribution in [-0.2, 0) is 6.42 Å². The molecule has 72 valence electrons. The van der Waals surface area contributed by atoms with Crippen LogP contribution in [0, 0.1) is 0 Å². The zero-order valence-corrected chi connectivity index (χ0v) is 8.84. The first-order chi connectivity index (χ1) is 6.22.